The molecule has 0 radical (unpaired) electrons. The Hall–Kier alpha value is -0.980. The van der Waals surface area contributed by atoms with Gasteiger partial charge < -0.3 is 0 Å². The molecule has 1 aliphatic rings. The molecule has 0 heterocycles. The number of benzene rings is 2. The standard InChI is InChI=1S/C17H16Cl2/c18-16-8-4-12(5-9-16)10-17(19)15-7-6-13-2-1-3-14(13)11-15/h4-9,11,17H,1-3,10H2. The Morgan fingerprint density at radius 3 is 2.47 bits per heavy atom. The van der Waals surface area contributed by atoms with Crippen molar-refractivity contribution in [3.63, 3.8) is 0 Å². The molecule has 98 valence electrons. The van der Waals surface area contributed by atoms with E-state index < -0.39 is 0 Å². The lowest BCUT2D eigenvalue weighted by molar-refractivity contribution is 0.905. The number of rotatable bonds is 3. The van der Waals surface area contributed by atoms with Crippen LogP contribution < -0.4 is 0 Å². The van der Waals surface area contributed by atoms with E-state index in [4.69, 9.17) is 23.2 Å². The fourth-order valence-corrected chi connectivity index (χ4v) is 3.17. The highest BCUT2D eigenvalue weighted by molar-refractivity contribution is 6.30. The van der Waals surface area contributed by atoms with Gasteiger partial charge >= 0.3 is 0 Å². The normalized spacial score (nSPS) is 15.3. The summed E-state index contributed by atoms with van der Waals surface area (Å²) in [5.74, 6) is 0. The topological polar surface area (TPSA) is 0 Å². The number of fused-ring (bicyclic) bond motifs is 1. The SMILES string of the molecule is Clc1ccc(CC(Cl)c2ccc3c(c2)CCC3)cc1. The summed E-state index contributed by atoms with van der Waals surface area (Å²) in [5.41, 5.74) is 5.44. The van der Waals surface area contributed by atoms with Crippen LogP contribution in [0.3, 0.4) is 0 Å². The van der Waals surface area contributed by atoms with Crippen LogP contribution in [0.2, 0.25) is 5.02 Å². The minimum atomic E-state index is 0.0343. The Kier molecular flexibility index (Phi) is 3.81. The maximum absolute atomic E-state index is 6.55. The molecule has 0 fully saturated rings. The number of alkyl halides is 1. The van der Waals surface area contributed by atoms with Gasteiger partial charge in [0.2, 0.25) is 0 Å². The molecule has 0 N–H and O–H groups in total. The summed E-state index contributed by atoms with van der Waals surface area (Å²) in [6.45, 7) is 0. The lowest BCUT2D eigenvalue weighted by Crippen LogP contribution is -1.97. The van der Waals surface area contributed by atoms with Crippen LogP contribution in [0.15, 0.2) is 42.5 Å². The number of aryl methyl sites for hydroxylation is 2. The largest absolute Gasteiger partial charge is 0.117 e. The zero-order valence-corrected chi connectivity index (χ0v) is 12.2. The molecule has 0 saturated heterocycles. The minimum Gasteiger partial charge on any atom is -0.117 e. The van der Waals surface area contributed by atoms with Crippen LogP contribution in [0.5, 0.6) is 0 Å². The van der Waals surface area contributed by atoms with E-state index in [9.17, 15) is 0 Å². The van der Waals surface area contributed by atoms with Crippen LogP contribution in [-0.2, 0) is 19.3 Å². The van der Waals surface area contributed by atoms with Crippen molar-refractivity contribution in [1.29, 1.82) is 0 Å². The third-order valence-electron chi connectivity index (χ3n) is 3.81. The Labute approximate surface area is 124 Å². The van der Waals surface area contributed by atoms with Crippen LogP contribution >= 0.6 is 23.2 Å². The van der Waals surface area contributed by atoms with Gasteiger partial charge in [-0.15, -0.1) is 11.6 Å². The van der Waals surface area contributed by atoms with Gasteiger partial charge in [-0.05, 0) is 60.1 Å². The molecule has 3 rings (SSSR count). The molecule has 2 aromatic carbocycles. The van der Waals surface area contributed by atoms with Gasteiger partial charge in [0.1, 0.15) is 0 Å². The molecular formula is C17H16Cl2. The zero-order chi connectivity index (χ0) is 13.2. The van der Waals surface area contributed by atoms with E-state index in [0.29, 0.717) is 0 Å². The molecule has 0 aliphatic heterocycles. The molecule has 19 heavy (non-hydrogen) atoms. The predicted molar refractivity (Wildman–Crippen MR) is 82.2 cm³/mol. The first kappa shape index (κ1) is 13.0. The Bertz CT molecular complexity index is 572. The van der Waals surface area contributed by atoms with Crippen molar-refractivity contribution in [1.82, 2.24) is 0 Å². The average Bonchev–Trinajstić information content (AvgIpc) is 2.88. The molecule has 0 nitrogen and oxygen atoms in total. The quantitative estimate of drug-likeness (QED) is 0.668. The van der Waals surface area contributed by atoms with Crippen molar-refractivity contribution in [2.24, 2.45) is 0 Å². The second-order valence-corrected chi connectivity index (χ2v) is 6.14. The number of hydrogen-bond acceptors (Lipinski definition) is 0. The molecule has 1 unspecified atom stereocenters. The van der Waals surface area contributed by atoms with E-state index >= 15 is 0 Å². The maximum atomic E-state index is 6.55. The van der Waals surface area contributed by atoms with Crippen LogP contribution in [0.4, 0.5) is 0 Å². The zero-order valence-electron chi connectivity index (χ0n) is 10.7. The summed E-state index contributed by atoms with van der Waals surface area (Å²) in [5, 5.41) is 0.805. The highest BCUT2D eigenvalue weighted by Crippen LogP contribution is 2.30. The first-order valence-corrected chi connectivity index (χ1v) is 7.54. The van der Waals surface area contributed by atoms with E-state index in [0.717, 1.165) is 11.4 Å². The van der Waals surface area contributed by atoms with E-state index in [-0.39, 0.29) is 5.38 Å². The lowest BCUT2D eigenvalue weighted by atomic mass is 10.00. The van der Waals surface area contributed by atoms with Gasteiger partial charge in [0.15, 0.2) is 0 Å². The smallest absolute Gasteiger partial charge is 0.0625 e. The maximum Gasteiger partial charge on any atom is 0.0625 e. The fourth-order valence-electron chi connectivity index (χ4n) is 2.73. The number of halogens is 2. The van der Waals surface area contributed by atoms with E-state index in [1.165, 1.54) is 41.5 Å². The molecule has 1 aliphatic carbocycles. The molecule has 0 amide bonds. The van der Waals surface area contributed by atoms with Crippen molar-refractivity contribution >= 4 is 23.2 Å². The summed E-state index contributed by atoms with van der Waals surface area (Å²) >= 11 is 12.4. The predicted octanol–water partition coefficient (Wildman–Crippen LogP) is 5.35. The summed E-state index contributed by atoms with van der Waals surface area (Å²) in [7, 11) is 0. The van der Waals surface area contributed by atoms with Gasteiger partial charge in [0.25, 0.3) is 0 Å². The van der Waals surface area contributed by atoms with Crippen molar-refractivity contribution in [2.45, 2.75) is 31.1 Å². The summed E-state index contributed by atoms with van der Waals surface area (Å²) < 4.78 is 0. The van der Waals surface area contributed by atoms with E-state index in [1.807, 2.05) is 24.3 Å². The van der Waals surface area contributed by atoms with Crippen molar-refractivity contribution < 1.29 is 0 Å². The highest BCUT2D eigenvalue weighted by atomic mass is 35.5. The molecule has 2 heteroatoms. The summed E-state index contributed by atoms with van der Waals surface area (Å²) in [4.78, 5) is 0. The van der Waals surface area contributed by atoms with Crippen LogP contribution in [0, 0.1) is 0 Å². The second-order valence-electron chi connectivity index (χ2n) is 5.18. The Balaban J connectivity index is 1.76. The Morgan fingerprint density at radius 2 is 1.68 bits per heavy atom. The monoisotopic (exact) mass is 290 g/mol. The molecule has 0 saturated carbocycles. The minimum absolute atomic E-state index is 0.0343. The summed E-state index contributed by atoms with van der Waals surface area (Å²) in [6, 6.07) is 14.6. The third-order valence-corrected chi connectivity index (χ3v) is 4.47. The third kappa shape index (κ3) is 2.96. The van der Waals surface area contributed by atoms with Crippen molar-refractivity contribution in [3.8, 4) is 0 Å². The first-order chi connectivity index (χ1) is 9.22. The van der Waals surface area contributed by atoms with Crippen molar-refractivity contribution in [3.05, 3.63) is 69.7 Å². The van der Waals surface area contributed by atoms with Crippen LogP contribution in [0.1, 0.15) is 34.1 Å². The molecule has 0 bridgehead atoms. The van der Waals surface area contributed by atoms with Crippen molar-refractivity contribution in [2.75, 3.05) is 0 Å². The summed E-state index contributed by atoms with van der Waals surface area (Å²) in [6.07, 6.45) is 4.55. The van der Waals surface area contributed by atoms with Crippen LogP contribution in [-0.4, -0.2) is 0 Å². The molecule has 0 aromatic heterocycles. The molecule has 0 spiro atoms. The number of hydrogen-bond donors (Lipinski definition) is 0. The van der Waals surface area contributed by atoms with Gasteiger partial charge in [-0.2, -0.15) is 0 Å². The average molecular weight is 291 g/mol. The van der Waals surface area contributed by atoms with E-state index in [1.54, 1.807) is 0 Å². The van der Waals surface area contributed by atoms with Gasteiger partial charge in [-0.25, -0.2) is 0 Å². The van der Waals surface area contributed by atoms with Gasteiger partial charge in [-0.1, -0.05) is 41.9 Å². The first-order valence-electron chi connectivity index (χ1n) is 6.72. The fraction of sp³-hybridized carbons (Fsp3) is 0.294. The van der Waals surface area contributed by atoms with E-state index in [2.05, 4.69) is 18.2 Å². The van der Waals surface area contributed by atoms with Crippen LogP contribution in [0.25, 0.3) is 0 Å². The van der Waals surface area contributed by atoms with Gasteiger partial charge in [0, 0.05) is 5.02 Å². The molecule has 1 atom stereocenters. The Morgan fingerprint density at radius 1 is 0.947 bits per heavy atom. The molecular weight excluding hydrogens is 275 g/mol. The molecule has 2 aromatic rings. The van der Waals surface area contributed by atoms with Gasteiger partial charge in [-0.3, -0.25) is 0 Å². The highest BCUT2D eigenvalue weighted by Gasteiger charge is 2.14. The van der Waals surface area contributed by atoms with Gasteiger partial charge in [0.05, 0.1) is 5.38 Å². The second kappa shape index (κ2) is 5.56. The lowest BCUT2D eigenvalue weighted by Gasteiger charge is -2.12.